The topological polar surface area (TPSA) is 52.2 Å². The largest absolute Gasteiger partial charge is 0.333 e. The molecule has 0 radical (unpaired) electrons. The van der Waals surface area contributed by atoms with Gasteiger partial charge >= 0.3 is 0 Å². The SMILES string of the molecule is C#CCn1c(C)c(C=Nn2c(-c3ccccc3)nc3ccccc3c2=O)c2ccccc21. The van der Waals surface area contributed by atoms with Crippen molar-refractivity contribution in [1.29, 1.82) is 0 Å². The highest BCUT2D eigenvalue weighted by Crippen LogP contribution is 2.25. The van der Waals surface area contributed by atoms with Crippen LogP contribution in [0.2, 0.25) is 0 Å². The average Bonchev–Trinajstić information content (AvgIpc) is 3.10. The van der Waals surface area contributed by atoms with Crippen molar-refractivity contribution in [2.24, 2.45) is 5.10 Å². The molecule has 0 aliphatic heterocycles. The molecule has 5 heteroatoms. The van der Waals surface area contributed by atoms with Crippen LogP contribution in [0.25, 0.3) is 33.2 Å². The van der Waals surface area contributed by atoms with Gasteiger partial charge in [0.05, 0.1) is 23.7 Å². The predicted octanol–water partition coefficient (Wildman–Crippen LogP) is 4.84. The number of terminal acetylenes is 1. The molecule has 0 fully saturated rings. The van der Waals surface area contributed by atoms with Crippen molar-refractivity contribution in [3.8, 4) is 23.7 Å². The van der Waals surface area contributed by atoms with Gasteiger partial charge in [-0.05, 0) is 25.1 Å². The van der Waals surface area contributed by atoms with Gasteiger partial charge in [-0.2, -0.15) is 9.78 Å². The van der Waals surface area contributed by atoms with E-state index in [9.17, 15) is 4.79 Å². The highest BCUT2D eigenvalue weighted by molar-refractivity contribution is 6.01. The molecule has 0 saturated heterocycles. The van der Waals surface area contributed by atoms with E-state index in [1.807, 2.05) is 79.7 Å². The molecule has 32 heavy (non-hydrogen) atoms. The molecule has 5 rings (SSSR count). The lowest BCUT2D eigenvalue weighted by atomic mass is 10.1. The fraction of sp³-hybridized carbons (Fsp3) is 0.0741. The second-order valence-corrected chi connectivity index (χ2v) is 7.49. The van der Waals surface area contributed by atoms with Crippen LogP contribution >= 0.6 is 0 Å². The quantitative estimate of drug-likeness (QED) is 0.311. The van der Waals surface area contributed by atoms with Gasteiger partial charge in [-0.1, -0.05) is 66.6 Å². The molecule has 3 aromatic carbocycles. The maximum Gasteiger partial charge on any atom is 0.282 e. The van der Waals surface area contributed by atoms with Gasteiger partial charge in [-0.25, -0.2) is 4.98 Å². The van der Waals surface area contributed by atoms with Crippen LogP contribution in [0.5, 0.6) is 0 Å². The monoisotopic (exact) mass is 416 g/mol. The van der Waals surface area contributed by atoms with Crippen molar-refractivity contribution in [2.75, 3.05) is 0 Å². The normalized spacial score (nSPS) is 11.4. The van der Waals surface area contributed by atoms with E-state index in [1.54, 1.807) is 12.3 Å². The number of hydrogen-bond acceptors (Lipinski definition) is 3. The summed E-state index contributed by atoms with van der Waals surface area (Å²) in [5.41, 5.74) is 4.21. The zero-order valence-electron chi connectivity index (χ0n) is 17.6. The maximum atomic E-state index is 13.4. The molecule has 0 spiro atoms. The van der Waals surface area contributed by atoms with E-state index < -0.39 is 0 Å². The molecule has 2 heterocycles. The third kappa shape index (κ3) is 3.19. The van der Waals surface area contributed by atoms with E-state index in [2.05, 4.69) is 15.6 Å². The summed E-state index contributed by atoms with van der Waals surface area (Å²) >= 11 is 0. The van der Waals surface area contributed by atoms with E-state index in [0.29, 0.717) is 23.3 Å². The Bertz CT molecular complexity index is 1580. The number of fused-ring (bicyclic) bond motifs is 2. The van der Waals surface area contributed by atoms with Gasteiger partial charge in [0.1, 0.15) is 0 Å². The van der Waals surface area contributed by atoms with Crippen LogP contribution in [0.3, 0.4) is 0 Å². The fourth-order valence-electron chi connectivity index (χ4n) is 4.04. The molecule has 5 nitrogen and oxygen atoms in total. The van der Waals surface area contributed by atoms with Crippen molar-refractivity contribution in [3.05, 3.63) is 100 Å². The summed E-state index contributed by atoms with van der Waals surface area (Å²) < 4.78 is 3.46. The molecule has 2 aromatic heterocycles. The summed E-state index contributed by atoms with van der Waals surface area (Å²) in [6.07, 6.45) is 7.32. The minimum atomic E-state index is -0.212. The third-order valence-corrected chi connectivity index (χ3v) is 5.62. The Morgan fingerprint density at radius 3 is 2.44 bits per heavy atom. The lowest BCUT2D eigenvalue weighted by molar-refractivity contribution is 0.827. The minimum Gasteiger partial charge on any atom is -0.333 e. The number of para-hydroxylation sites is 2. The summed E-state index contributed by atoms with van der Waals surface area (Å²) in [5.74, 6) is 3.21. The Hall–Kier alpha value is -4.43. The lowest BCUT2D eigenvalue weighted by Crippen LogP contribution is -2.20. The second-order valence-electron chi connectivity index (χ2n) is 7.49. The maximum absolute atomic E-state index is 13.4. The Labute approximate surface area is 185 Å². The zero-order valence-corrected chi connectivity index (χ0v) is 17.6. The number of rotatable bonds is 4. The molecule has 154 valence electrons. The Balaban J connectivity index is 1.75. The molecule has 0 amide bonds. The van der Waals surface area contributed by atoms with E-state index in [4.69, 9.17) is 11.4 Å². The molecular weight excluding hydrogens is 396 g/mol. The van der Waals surface area contributed by atoms with Crippen molar-refractivity contribution in [1.82, 2.24) is 14.2 Å². The highest BCUT2D eigenvalue weighted by Gasteiger charge is 2.14. The van der Waals surface area contributed by atoms with Crippen molar-refractivity contribution in [2.45, 2.75) is 13.5 Å². The number of hydrogen-bond donors (Lipinski definition) is 0. The molecule has 0 aliphatic carbocycles. The first-order chi connectivity index (χ1) is 15.7. The van der Waals surface area contributed by atoms with Crippen molar-refractivity contribution in [3.63, 3.8) is 0 Å². The molecule has 0 aliphatic rings. The van der Waals surface area contributed by atoms with E-state index in [1.165, 1.54) is 4.68 Å². The number of nitrogens with zero attached hydrogens (tertiary/aromatic N) is 4. The average molecular weight is 416 g/mol. The van der Waals surface area contributed by atoms with Gasteiger partial charge in [-0.3, -0.25) is 4.79 Å². The molecule has 0 unspecified atom stereocenters. The Kier molecular flexibility index (Phi) is 4.89. The molecular formula is C27H20N4O. The van der Waals surface area contributed by atoms with Crippen LogP contribution in [0.4, 0.5) is 0 Å². The summed E-state index contributed by atoms with van der Waals surface area (Å²) in [5, 5.41) is 6.20. The van der Waals surface area contributed by atoms with E-state index in [0.717, 1.165) is 27.7 Å². The van der Waals surface area contributed by atoms with Crippen LogP contribution in [-0.2, 0) is 6.54 Å². The number of aromatic nitrogens is 3. The van der Waals surface area contributed by atoms with Crippen LogP contribution in [0.15, 0.2) is 88.8 Å². The van der Waals surface area contributed by atoms with Gasteiger partial charge < -0.3 is 4.57 Å². The Morgan fingerprint density at radius 2 is 1.66 bits per heavy atom. The molecule has 0 atom stereocenters. The van der Waals surface area contributed by atoms with Gasteiger partial charge in [0.2, 0.25) is 0 Å². The first-order valence-electron chi connectivity index (χ1n) is 10.3. The van der Waals surface area contributed by atoms with Crippen molar-refractivity contribution < 1.29 is 0 Å². The molecule has 0 bridgehead atoms. The fourth-order valence-corrected chi connectivity index (χ4v) is 4.04. The summed E-state index contributed by atoms with van der Waals surface area (Å²) in [7, 11) is 0. The van der Waals surface area contributed by atoms with Gasteiger partial charge in [-0.15, -0.1) is 6.42 Å². The zero-order chi connectivity index (χ0) is 22.1. The Morgan fingerprint density at radius 1 is 0.969 bits per heavy atom. The first kappa shape index (κ1) is 19.5. The molecule has 0 N–H and O–H groups in total. The van der Waals surface area contributed by atoms with Crippen LogP contribution in [0.1, 0.15) is 11.3 Å². The van der Waals surface area contributed by atoms with Gasteiger partial charge in [0, 0.05) is 27.7 Å². The first-order valence-corrected chi connectivity index (χ1v) is 10.3. The van der Waals surface area contributed by atoms with Crippen LogP contribution in [-0.4, -0.2) is 20.4 Å². The van der Waals surface area contributed by atoms with Crippen LogP contribution in [0, 0.1) is 19.3 Å². The van der Waals surface area contributed by atoms with Crippen molar-refractivity contribution >= 4 is 28.0 Å². The summed E-state index contributed by atoms with van der Waals surface area (Å²) in [6, 6.07) is 25.0. The van der Waals surface area contributed by atoms with E-state index >= 15 is 0 Å². The van der Waals surface area contributed by atoms with Gasteiger partial charge in [0.25, 0.3) is 5.56 Å². The van der Waals surface area contributed by atoms with Crippen LogP contribution < -0.4 is 5.56 Å². The lowest BCUT2D eigenvalue weighted by Gasteiger charge is -2.09. The second kappa shape index (κ2) is 8.01. The minimum absolute atomic E-state index is 0.212. The molecule has 5 aromatic rings. The van der Waals surface area contributed by atoms with E-state index in [-0.39, 0.29) is 5.56 Å². The smallest absolute Gasteiger partial charge is 0.282 e. The highest BCUT2D eigenvalue weighted by atomic mass is 16.1. The predicted molar refractivity (Wildman–Crippen MR) is 130 cm³/mol. The third-order valence-electron chi connectivity index (χ3n) is 5.62. The standard InChI is InChI=1S/C27H20N4O/c1-3-17-30-19(2)23(21-13-8-10-16-25(21)30)18-28-31-26(20-11-5-4-6-12-20)29-24-15-9-7-14-22(24)27(31)32/h1,4-16,18H,17H2,2H3. The number of benzene rings is 3. The summed E-state index contributed by atoms with van der Waals surface area (Å²) in [4.78, 5) is 18.1. The molecule has 0 saturated carbocycles. The summed E-state index contributed by atoms with van der Waals surface area (Å²) in [6.45, 7) is 2.48. The van der Waals surface area contributed by atoms with Gasteiger partial charge in [0.15, 0.2) is 5.82 Å².